The molecule has 0 radical (unpaired) electrons. The summed E-state index contributed by atoms with van der Waals surface area (Å²) in [6.07, 6.45) is -1.65. The molecule has 1 N–H and O–H groups in total. The van der Waals surface area contributed by atoms with Crippen molar-refractivity contribution in [3.05, 3.63) is 130 Å². The summed E-state index contributed by atoms with van der Waals surface area (Å²) in [5.41, 5.74) is 6.17. The predicted octanol–water partition coefficient (Wildman–Crippen LogP) is 8.47. The Bertz CT molecular complexity index is 1540. The molecule has 1 atom stereocenters. The molecule has 4 aromatic carbocycles. The Hall–Kier alpha value is -4.45. The molecule has 4 aromatic rings. The van der Waals surface area contributed by atoms with Crippen LogP contribution in [0.15, 0.2) is 91.0 Å². The summed E-state index contributed by atoms with van der Waals surface area (Å²) in [4.78, 5) is 13.0. The van der Waals surface area contributed by atoms with E-state index < -0.39 is 6.08 Å². The van der Waals surface area contributed by atoms with Crippen LogP contribution in [0.25, 0.3) is 5.57 Å². The topological polar surface area (TPSA) is 47.6 Å². The number of amides is 1. The maximum absolute atomic E-state index is 14.5. The minimum Gasteiger partial charge on any atom is -0.486 e. The van der Waals surface area contributed by atoms with Gasteiger partial charge in [0.2, 0.25) is 0 Å². The predicted molar refractivity (Wildman–Crippen MR) is 155 cm³/mol. The molecule has 1 heterocycles. The molecule has 0 spiro atoms. The van der Waals surface area contributed by atoms with Gasteiger partial charge in [0.05, 0.1) is 0 Å². The van der Waals surface area contributed by atoms with Crippen molar-refractivity contribution in [2.75, 3.05) is 18.5 Å². The van der Waals surface area contributed by atoms with Gasteiger partial charge in [-0.15, -0.1) is 0 Å². The number of allylic oxidation sites excluding steroid dienone is 1. The molecule has 1 aliphatic rings. The highest BCUT2D eigenvalue weighted by Crippen LogP contribution is 2.40. The highest BCUT2D eigenvalue weighted by atomic mass is 19.3. The van der Waals surface area contributed by atoms with E-state index in [0.717, 1.165) is 27.8 Å². The van der Waals surface area contributed by atoms with Crippen LogP contribution in [0.2, 0.25) is 0 Å². The maximum Gasteiger partial charge on any atom is 0.274 e. The molecule has 40 heavy (non-hydrogen) atoms. The van der Waals surface area contributed by atoms with Crippen molar-refractivity contribution in [2.45, 2.75) is 33.1 Å². The third-order valence-electron chi connectivity index (χ3n) is 7.20. The molecule has 1 unspecified atom stereocenters. The SMILES string of the molecule is Cc1cc(C)c(C(=O)Nc2ccc(C(CC(c3ccccc3)c3ccc4c(c3)OCCO4)=C(F)F)cc2)c(C)c1. The zero-order valence-electron chi connectivity index (χ0n) is 22.8. The van der Waals surface area contributed by atoms with Crippen LogP contribution in [0.5, 0.6) is 11.5 Å². The van der Waals surface area contributed by atoms with Crippen molar-refractivity contribution in [3.8, 4) is 11.5 Å². The summed E-state index contributed by atoms with van der Waals surface area (Å²) in [5, 5.41) is 2.91. The molecule has 0 fully saturated rings. The lowest BCUT2D eigenvalue weighted by Gasteiger charge is -2.23. The van der Waals surface area contributed by atoms with Crippen molar-refractivity contribution >= 4 is 17.2 Å². The number of carbonyl (C=O) groups excluding carboxylic acids is 1. The Morgan fingerprint density at radius 3 is 2.10 bits per heavy atom. The van der Waals surface area contributed by atoms with Crippen LogP contribution in [-0.2, 0) is 0 Å². The first-order valence-electron chi connectivity index (χ1n) is 13.3. The van der Waals surface area contributed by atoms with E-state index >= 15 is 0 Å². The van der Waals surface area contributed by atoms with Gasteiger partial charge in [-0.05, 0) is 79.3 Å². The van der Waals surface area contributed by atoms with Crippen LogP contribution in [-0.4, -0.2) is 19.1 Å². The van der Waals surface area contributed by atoms with Gasteiger partial charge in [-0.3, -0.25) is 4.79 Å². The van der Waals surface area contributed by atoms with Gasteiger partial charge in [0.25, 0.3) is 12.0 Å². The van der Waals surface area contributed by atoms with Crippen molar-refractivity contribution < 1.29 is 23.0 Å². The number of aryl methyl sites for hydroxylation is 3. The highest BCUT2D eigenvalue weighted by Gasteiger charge is 2.23. The Kier molecular flexibility index (Phi) is 7.96. The summed E-state index contributed by atoms with van der Waals surface area (Å²) in [6, 6.07) is 25.8. The maximum atomic E-state index is 14.5. The van der Waals surface area contributed by atoms with Crippen molar-refractivity contribution in [3.63, 3.8) is 0 Å². The van der Waals surface area contributed by atoms with E-state index in [1.54, 1.807) is 24.3 Å². The molecule has 5 rings (SSSR count). The highest BCUT2D eigenvalue weighted by molar-refractivity contribution is 6.06. The smallest absolute Gasteiger partial charge is 0.274 e. The molecular weight excluding hydrogens is 508 g/mol. The van der Waals surface area contributed by atoms with Gasteiger partial charge < -0.3 is 14.8 Å². The van der Waals surface area contributed by atoms with Gasteiger partial charge >= 0.3 is 0 Å². The number of halogens is 2. The Morgan fingerprint density at radius 2 is 1.45 bits per heavy atom. The summed E-state index contributed by atoms with van der Waals surface area (Å²) in [7, 11) is 0. The summed E-state index contributed by atoms with van der Waals surface area (Å²) in [5.74, 6) is 0.719. The minimum atomic E-state index is -1.74. The number of nitrogens with one attached hydrogen (secondary N) is 1. The second-order valence-corrected chi connectivity index (χ2v) is 10.1. The van der Waals surface area contributed by atoms with E-state index in [9.17, 15) is 13.6 Å². The summed E-state index contributed by atoms with van der Waals surface area (Å²) >= 11 is 0. The van der Waals surface area contributed by atoms with Gasteiger partial charge in [0, 0.05) is 22.7 Å². The van der Waals surface area contributed by atoms with E-state index in [4.69, 9.17) is 9.47 Å². The second kappa shape index (κ2) is 11.7. The average Bonchev–Trinajstić information content (AvgIpc) is 2.94. The lowest BCUT2D eigenvalue weighted by molar-refractivity contribution is 0.102. The Morgan fingerprint density at radius 1 is 0.800 bits per heavy atom. The number of anilines is 1. The lowest BCUT2D eigenvalue weighted by Crippen LogP contribution is -2.16. The van der Waals surface area contributed by atoms with Crippen molar-refractivity contribution in [1.82, 2.24) is 0 Å². The zero-order chi connectivity index (χ0) is 28.2. The molecule has 0 aliphatic carbocycles. The van der Waals surface area contributed by atoms with Crippen molar-refractivity contribution in [1.29, 1.82) is 0 Å². The van der Waals surface area contributed by atoms with Gasteiger partial charge in [-0.25, -0.2) is 0 Å². The van der Waals surface area contributed by atoms with Gasteiger partial charge in [-0.2, -0.15) is 8.78 Å². The number of carbonyl (C=O) groups is 1. The first kappa shape index (κ1) is 27.1. The van der Waals surface area contributed by atoms with Crippen LogP contribution in [0, 0.1) is 20.8 Å². The standard InChI is InChI=1S/C34H31F2NO3/c1-21-17-22(2)32(23(3)18-21)34(38)37-27-12-9-25(10-13-27)29(33(35)36)20-28(24-7-5-4-6-8-24)26-11-14-30-31(19-26)40-16-15-39-30/h4-14,17-19,28H,15-16,20H2,1-3H3,(H,37,38). The molecule has 204 valence electrons. The van der Waals surface area contributed by atoms with Crippen molar-refractivity contribution in [2.24, 2.45) is 0 Å². The number of ether oxygens (including phenoxy) is 2. The van der Waals surface area contributed by atoms with Crippen LogP contribution < -0.4 is 14.8 Å². The monoisotopic (exact) mass is 539 g/mol. The first-order chi connectivity index (χ1) is 19.3. The summed E-state index contributed by atoms with van der Waals surface area (Å²) < 4.78 is 40.4. The molecule has 0 saturated carbocycles. The molecule has 1 aliphatic heterocycles. The number of hydrogen-bond donors (Lipinski definition) is 1. The third kappa shape index (κ3) is 5.91. The minimum absolute atomic E-state index is 0.0492. The molecule has 0 saturated heterocycles. The van der Waals surface area contributed by atoms with Gasteiger partial charge in [0.1, 0.15) is 13.2 Å². The molecule has 4 nitrogen and oxygen atoms in total. The number of benzene rings is 4. The van der Waals surface area contributed by atoms with Crippen LogP contribution in [0.3, 0.4) is 0 Å². The van der Waals surface area contributed by atoms with Gasteiger partial charge in [-0.1, -0.05) is 66.2 Å². The number of rotatable bonds is 7. The number of hydrogen-bond acceptors (Lipinski definition) is 3. The molecular formula is C34H31F2NO3. The van der Waals surface area contributed by atoms with E-state index in [2.05, 4.69) is 5.32 Å². The fraction of sp³-hybridized carbons (Fsp3) is 0.206. The molecule has 6 heteroatoms. The van der Waals surface area contributed by atoms with Gasteiger partial charge in [0.15, 0.2) is 11.5 Å². The molecule has 0 bridgehead atoms. The Labute approximate surface area is 233 Å². The van der Waals surface area contributed by atoms with E-state index in [0.29, 0.717) is 41.5 Å². The third-order valence-corrected chi connectivity index (χ3v) is 7.20. The molecule has 0 aromatic heterocycles. The van der Waals surface area contributed by atoms with Crippen LogP contribution in [0.1, 0.15) is 56.1 Å². The number of fused-ring (bicyclic) bond motifs is 1. The molecule has 1 amide bonds. The normalized spacial score (nSPS) is 12.9. The second-order valence-electron chi connectivity index (χ2n) is 10.1. The average molecular weight is 540 g/mol. The zero-order valence-corrected chi connectivity index (χ0v) is 22.8. The van der Waals surface area contributed by atoms with Crippen LogP contribution >= 0.6 is 0 Å². The van der Waals surface area contributed by atoms with Crippen LogP contribution in [0.4, 0.5) is 14.5 Å². The largest absolute Gasteiger partial charge is 0.486 e. The van der Waals surface area contributed by atoms with E-state index in [-0.39, 0.29) is 23.8 Å². The fourth-order valence-electron chi connectivity index (χ4n) is 5.38. The fourth-order valence-corrected chi connectivity index (χ4v) is 5.38. The van der Waals surface area contributed by atoms with E-state index in [1.165, 1.54) is 0 Å². The quantitative estimate of drug-likeness (QED) is 0.256. The first-order valence-corrected chi connectivity index (χ1v) is 13.3. The Balaban J connectivity index is 1.41. The lowest BCUT2D eigenvalue weighted by atomic mass is 9.84. The summed E-state index contributed by atoms with van der Waals surface area (Å²) in [6.45, 7) is 6.73. The van der Waals surface area contributed by atoms with E-state index in [1.807, 2.05) is 81.4 Å².